The van der Waals surface area contributed by atoms with E-state index in [1.807, 2.05) is 17.5 Å². The molecule has 9 heteroatoms. The lowest BCUT2D eigenvalue weighted by atomic mass is 10.0. The Balaban J connectivity index is 1.81. The van der Waals surface area contributed by atoms with Gasteiger partial charge in [-0.2, -0.15) is 5.21 Å². The van der Waals surface area contributed by atoms with E-state index in [0.717, 1.165) is 4.88 Å². The molecule has 0 spiro atoms. The van der Waals surface area contributed by atoms with Crippen molar-refractivity contribution < 1.29 is 14.3 Å². The molecule has 2 N–H and O–H groups in total. The topological polar surface area (TPSA) is 102 Å². The highest BCUT2D eigenvalue weighted by atomic mass is 32.1. The minimum Gasteiger partial charge on any atom is -0.493 e. The summed E-state index contributed by atoms with van der Waals surface area (Å²) in [5.74, 6) is 0.711. The second-order valence-corrected chi connectivity index (χ2v) is 6.20. The first-order valence-corrected chi connectivity index (χ1v) is 8.38. The number of tetrazole rings is 1. The van der Waals surface area contributed by atoms with Crippen molar-refractivity contribution in [2.24, 2.45) is 0 Å². The molecule has 3 rings (SSSR count). The van der Waals surface area contributed by atoms with Crippen molar-refractivity contribution in [1.29, 1.82) is 0 Å². The Bertz CT molecular complexity index is 820. The Morgan fingerprint density at radius 3 is 2.76 bits per heavy atom. The van der Waals surface area contributed by atoms with E-state index in [0.29, 0.717) is 29.4 Å². The number of hydrogen-bond donors (Lipinski definition) is 2. The quantitative estimate of drug-likeness (QED) is 0.671. The van der Waals surface area contributed by atoms with Crippen LogP contribution in [0.15, 0.2) is 35.7 Å². The number of rotatable bonds is 7. The van der Waals surface area contributed by atoms with E-state index in [1.165, 1.54) is 0 Å². The van der Waals surface area contributed by atoms with Crippen LogP contribution in [0.2, 0.25) is 0 Å². The number of H-pyrrole nitrogens is 1. The van der Waals surface area contributed by atoms with Crippen molar-refractivity contribution >= 4 is 22.9 Å². The Labute approximate surface area is 148 Å². The number of thiophene rings is 1. The van der Waals surface area contributed by atoms with Gasteiger partial charge >= 0.3 is 0 Å². The normalized spacial score (nSPS) is 11.8. The summed E-state index contributed by atoms with van der Waals surface area (Å²) in [6.45, 7) is 0. The maximum atomic E-state index is 12.8. The number of hydrogen-bond acceptors (Lipinski definition) is 7. The number of methoxy groups -OCH3 is 2. The number of nitrogens with zero attached hydrogens (tertiary/aromatic N) is 3. The molecule has 0 saturated heterocycles. The average molecular weight is 359 g/mol. The fourth-order valence-corrected chi connectivity index (χ4v) is 3.14. The van der Waals surface area contributed by atoms with E-state index < -0.39 is 5.92 Å². The van der Waals surface area contributed by atoms with Crippen molar-refractivity contribution in [3.05, 3.63) is 46.4 Å². The molecule has 0 fully saturated rings. The molecule has 1 aromatic carbocycles. The molecule has 2 aromatic heterocycles. The molecule has 0 radical (unpaired) electrons. The minimum atomic E-state index is -0.550. The van der Waals surface area contributed by atoms with Crippen LogP contribution in [0.1, 0.15) is 16.6 Å². The van der Waals surface area contributed by atoms with Crippen molar-refractivity contribution in [1.82, 2.24) is 20.6 Å². The van der Waals surface area contributed by atoms with Gasteiger partial charge in [-0.1, -0.05) is 11.3 Å². The first kappa shape index (κ1) is 16.9. The molecule has 1 unspecified atom stereocenters. The van der Waals surface area contributed by atoms with Gasteiger partial charge in [0.25, 0.3) is 0 Å². The predicted molar refractivity (Wildman–Crippen MR) is 93.1 cm³/mol. The number of ether oxygens (including phenoxy) is 2. The number of nitrogens with one attached hydrogen (secondary N) is 2. The van der Waals surface area contributed by atoms with Gasteiger partial charge in [0.2, 0.25) is 5.91 Å². The summed E-state index contributed by atoms with van der Waals surface area (Å²) in [6.07, 6.45) is 0.496. The summed E-state index contributed by atoms with van der Waals surface area (Å²) in [6, 6.07) is 9.10. The van der Waals surface area contributed by atoms with Gasteiger partial charge in [0, 0.05) is 23.1 Å². The third-order valence-corrected chi connectivity index (χ3v) is 4.53. The van der Waals surface area contributed by atoms with Crippen LogP contribution < -0.4 is 14.8 Å². The molecule has 3 aromatic rings. The third-order valence-electron chi connectivity index (χ3n) is 3.63. The number of carbonyl (C=O) groups excluding carboxylic acids is 1. The molecule has 0 bridgehead atoms. The number of aromatic amines is 1. The van der Waals surface area contributed by atoms with Gasteiger partial charge in [-0.3, -0.25) is 4.79 Å². The van der Waals surface area contributed by atoms with Crippen LogP contribution in [0.4, 0.5) is 5.69 Å². The van der Waals surface area contributed by atoms with Gasteiger partial charge in [-0.25, -0.2) is 0 Å². The highest BCUT2D eigenvalue weighted by Crippen LogP contribution is 2.30. The summed E-state index contributed by atoms with van der Waals surface area (Å²) in [7, 11) is 3.10. The zero-order valence-electron chi connectivity index (χ0n) is 13.7. The highest BCUT2D eigenvalue weighted by Gasteiger charge is 2.26. The smallest absolute Gasteiger partial charge is 0.235 e. The summed E-state index contributed by atoms with van der Waals surface area (Å²) in [5.41, 5.74) is 0.599. The molecule has 8 nitrogen and oxygen atoms in total. The average Bonchev–Trinajstić information content (AvgIpc) is 3.33. The fraction of sp³-hybridized carbons (Fsp3) is 0.250. The van der Waals surface area contributed by atoms with Gasteiger partial charge in [-0.15, -0.1) is 21.5 Å². The standard InChI is InChI=1S/C16H17N5O3S/c1-23-13-6-5-10(8-14(13)24-2)17-16(22)12(15-18-20-21-19-15)9-11-4-3-7-25-11/h3-8,12H,9H2,1-2H3,(H,17,22)(H,18,19,20,21). The summed E-state index contributed by atoms with van der Waals surface area (Å²) in [4.78, 5) is 13.9. The highest BCUT2D eigenvalue weighted by molar-refractivity contribution is 7.09. The molecule has 0 aliphatic heterocycles. The SMILES string of the molecule is COc1ccc(NC(=O)C(Cc2cccs2)c2nn[nH]n2)cc1OC. The molecule has 1 amide bonds. The Hall–Kier alpha value is -2.94. The molecule has 0 saturated carbocycles. The first-order valence-electron chi connectivity index (χ1n) is 7.50. The molecular weight excluding hydrogens is 342 g/mol. The van der Waals surface area contributed by atoms with Crippen LogP contribution in [0, 0.1) is 0 Å². The van der Waals surface area contributed by atoms with Crippen LogP contribution in [0.25, 0.3) is 0 Å². The number of anilines is 1. The fourth-order valence-electron chi connectivity index (χ4n) is 2.39. The van der Waals surface area contributed by atoms with Crippen LogP contribution in [-0.2, 0) is 11.2 Å². The molecule has 0 aliphatic carbocycles. The maximum Gasteiger partial charge on any atom is 0.235 e. The van der Waals surface area contributed by atoms with Gasteiger partial charge in [0.1, 0.15) is 5.92 Å². The van der Waals surface area contributed by atoms with Gasteiger partial charge in [0.05, 0.1) is 14.2 Å². The number of amides is 1. The van der Waals surface area contributed by atoms with Crippen LogP contribution >= 0.6 is 11.3 Å². The lowest BCUT2D eigenvalue weighted by Gasteiger charge is -2.14. The molecular formula is C16H17N5O3S. The van der Waals surface area contributed by atoms with Gasteiger partial charge < -0.3 is 14.8 Å². The summed E-state index contributed by atoms with van der Waals surface area (Å²) in [5, 5.41) is 18.8. The zero-order chi connectivity index (χ0) is 17.6. The van der Waals surface area contributed by atoms with E-state index in [2.05, 4.69) is 25.9 Å². The van der Waals surface area contributed by atoms with E-state index in [9.17, 15) is 4.79 Å². The summed E-state index contributed by atoms with van der Waals surface area (Å²) >= 11 is 1.58. The van der Waals surface area contributed by atoms with E-state index in [-0.39, 0.29) is 5.91 Å². The Morgan fingerprint density at radius 2 is 2.12 bits per heavy atom. The van der Waals surface area contributed by atoms with Crippen molar-refractivity contribution in [2.75, 3.05) is 19.5 Å². The number of benzene rings is 1. The van der Waals surface area contributed by atoms with Gasteiger partial charge in [0.15, 0.2) is 17.3 Å². The van der Waals surface area contributed by atoms with E-state index in [4.69, 9.17) is 9.47 Å². The largest absolute Gasteiger partial charge is 0.493 e. The molecule has 130 valence electrons. The predicted octanol–water partition coefficient (Wildman–Crippen LogP) is 2.24. The monoisotopic (exact) mass is 359 g/mol. The first-order chi connectivity index (χ1) is 12.2. The van der Waals surface area contributed by atoms with Crippen LogP contribution in [0.5, 0.6) is 11.5 Å². The molecule has 2 heterocycles. The maximum absolute atomic E-state index is 12.8. The third kappa shape index (κ3) is 3.94. The minimum absolute atomic E-state index is 0.220. The van der Waals surface area contributed by atoms with Crippen LogP contribution in [-0.4, -0.2) is 40.8 Å². The lowest BCUT2D eigenvalue weighted by Crippen LogP contribution is -2.24. The van der Waals surface area contributed by atoms with E-state index in [1.54, 1.807) is 43.8 Å². The number of carbonyl (C=O) groups is 1. The Kier molecular flexibility index (Phi) is 5.24. The lowest BCUT2D eigenvalue weighted by molar-refractivity contribution is -0.117. The van der Waals surface area contributed by atoms with E-state index >= 15 is 0 Å². The molecule has 0 aliphatic rings. The second kappa shape index (κ2) is 7.75. The van der Waals surface area contributed by atoms with Gasteiger partial charge in [-0.05, 0) is 23.6 Å². The van der Waals surface area contributed by atoms with Crippen LogP contribution in [0.3, 0.4) is 0 Å². The van der Waals surface area contributed by atoms with Crippen molar-refractivity contribution in [3.8, 4) is 11.5 Å². The number of aromatic nitrogens is 4. The second-order valence-electron chi connectivity index (χ2n) is 5.17. The van der Waals surface area contributed by atoms with Crippen molar-refractivity contribution in [3.63, 3.8) is 0 Å². The Morgan fingerprint density at radius 1 is 1.28 bits per heavy atom. The zero-order valence-corrected chi connectivity index (χ0v) is 14.5. The van der Waals surface area contributed by atoms with Crippen molar-refractivity contribution in [2.45, 2.75) is 12.3 Å². The summed E-state index contributed by atoms with van der Waals surface area (Å²) < 4.78 is 10.5. The molecule has 1 atom stereocenters. The molecule has 25 heavy (non-hydrogen) atoms.